The quantitative estimate of drug-likeness (QED) is 0.668. The van der Waals surface area contributed by atoms with Crippen LogP contribution in [0.15, 0.2) is 0 Å². The maximum atomic E-state index is 11.9. The Kier molecular flexibility index (Phi) is 5.09. The SMILES string of the molecule is NC(CCC(=O)O)C(=O)N1CCCS(=O)(=O)CC1. The van der Waals surface area contributed by atoms with E-state index in [1.807, 2.05) is 0 Å². The van der Waals surface area contributed by atoms with Crippen molar-refractivity contribution in [2.45, 2.75) is 25.3 Å². The zero-order chi connectivity index (χ0) is 13.8. The van der Waals surface area contributed by atoms with Crippen molar-refractivity contribution in [3.8, 4) is 0 Å². The number of carbonyl (C=O) groups is 2. The lowest BCUT2D eigenvalue weighted by Crippen LogP contribution is -2.45. The first-order valence-electron chi connectivity index (χ1n) is 5.78. The van der Waals surface area contributed by atoms with E-state index in [-0.39, 0.29) is 36.8 Å². The van der Waals surface area contributed by atoms with Crippen molar-refractivity contribution in [2.24, 2.45) is 5.73 Å². The number of nitrogens with two attached hydrogens (primary N) is 1. The van der Waals surface area contributed by atoms with Crippen LogP contribution >= 0.6 is 0 Å². The van der Waals surface area contributed by atoms with Gasteiger partial charge in [-0.3, -0.25) is 9.59 Å². The van der Waals surface area contributed by atoms with E-state index in [2.05, 4.69) is 0 Å². The van der Waals surface area contributed by atoms with Crippen molar-refractivity contribution >= 4 is 21.7 Å². The van der Waals surface area contributed by atoms with Crippen LogP contribution in [0.3, 0.4) is 0 Å². The second-order valence-electron chi connectivity index (χ2n) is 4.37. The van der Waals surface area contributed by atoms with Crippen molar-refractivity contribution in [1.29, 1.82) is 0 Å². The summed E-state index contributed by atoms with van der Waals surface area (Å²) in [6, 6.07) is -0.873. The van der Waals surface area contributed by atoms with E-state index in [1.54, 1.807) is 0 Å². The molecule has 1 heterocycles. The summed E-state index contributed by atoms with van der Waals surface area (Å²) in [6.07, 6.45) is 0.302. The Morgan fingerprint density at radius 3 is 2.56 bits per heavy atom. The second-order valence-corrected chi connectivity index (χ2v) is 6.67. The highest BCUT2D eigenvalue weighted by atomic mass is 32.2. The van der Waals surface area contributed by atoms with E-state index >= 15 is 0 Å². The van der Waals surface area contributed by atoms with E-state index in [4.69, 9.17) is 10.8 Å². The fourth-order valence-electron chi connectivity index (χ4n) is 1.80. The summed E-state index contributed by atoms with van der Waals surface area (Å²) in [6.45, 7) is 0.501. The number of rotatable bonds is 4. The molecule has 0 bridgehead atoms. The molecule has 1 atom stereocenters. The summed E-state index contributed by atoms with van der Waals surface area (Å²) < 4.78 is 22.8. The Hall–Kier alpha value is -1.15. The highest BCUT2D eigenvalue weighted by molar-refractivity contribution is 7.91. The van der Waals surface area contributed by atoms with Crippen LogP contribution in [0.5, 0.6) is 0 Å². The Labute approximate surface area is 106 Å². The Morgan fingerprint density at radius 1 is 1.28 bits per heavy atom. The normalized spacial score (nSPS) is 21.1. The molecule has 0 radical (unpaired) electrons. The predicted octanol–water partition coefficient (Wildman–Crippen LogP) is -1.17. The van der Waals surface area contributed by atoms with Crippen molar-refractivity contribution in [3.05, 3.63) is 0 Å². The molecule has 0 saturated carbocycles. The second kappa shape index (κ2) is 6.14. The zero-order valence-electron chi connectivity index (χ0n) is 10.0. The molecule has 1 aliphatic rings. The summed E-state index contributed by atoms with van der Waals surface area (Å²) in [7, 11) is -3.07. The smallest absolute Gasteiger partial charge is 0.303 e. The lowest BCUT2D eigenvalue weighted by Gasteiger charge is -2.23. The van der Waals surface area contributed by atoms with Crippen LogP contribution in [0, 0.1) is 0 Å². The number of hydrogen-bond donors (Lipinski definition) is 2. The molecule has 104 valence electrons. The minimum atomic E-state index is -3.07. The molecule has 0 aromatic carbocycles. The fourth-order valence-corrected chi connectivity index (χ4v) is 3.07. The van der Waals surface area contributed by atoms with E-state index in [1.165, 1.54) is 4.90 Å². The summed E-state index contributed by atoms with van der Waals surface area (Å²) >= 11 is 0. The average molecular weight is 278 g/mol. The average Bonchev–Trinajstić information content (AvgIpc) is 2.46. The highest BCUT2D eigenvalue weighted by Crippen LogP contribution is 2.08. The van der Waals surface area contributed by atoms with Crippen LogP contribution in [-0.2, 0) is 19.4 Å². The number of carboxylic acids is 1. The summed E-state index contributed by atoms with van der Waals surface area (Å²) in [5, 5.41) is 8.51. The summed E-state index contributed by atoms with van der Waals surface area (Å²) in [5.74, 6) is -1.34. The first-order valence-corrected chi connectivity index (χ1v) is 7.60. The molecule has 7 nitrogen and oxygen atoms in total. The fraction of sp³-hybridized carbons (Fsp3) is 0.800. The van der Waals surface area contributed by atoms with Gasteiger partial charge in [-0.05, 0) is 12.8 Å². The van der Waals surface area contributed by atoms with Crippen molar-refractivity contribution in [1.82, 2.24) is 4.90 Å². The molecule has 1 amide bonds. The van der Waals surface area contributed by atoms with Gasteiger partial charge in [-0.2, -0.15) is 0 Å². The van der Waals surface area contributed by atoms with Gasteiger partial charge in [0, 0.05) is 19.5 Å². The third kappa shape index (κ3) is 4.61. The molecule has 1 fully saturated rings. The van der Waals surface area contributed by atoms with Gasteiger partial charge in [0.25, 0.3) is 0 Å². The van der Waals surface area contributed by atoms with Gasteiger partial charge in [-0.1, -0.05) is 0 Å². The van der Waals surface area contributed by atoms with Gasteiger partial charge in [0.2, 0.25) is 5.91 Å². The largest absolute Gasteiger partial charge is 0.481 e. The van der Waals surface area contributed by atoms with Crippen LogP contribution in [-0.4, -0.2) is 60.9 Å². The van der Waals surface area contributed by atoms with E-state index < -0.39 is 21.8 Å². The molecule has 18 heavy (non-hydrogen) atoms. The molecule has 3 N–H and O–H groups in total. The van der Waals surface area contributed by atoms with Crippen LogP contribution in [0.2, 0.25) is 0 Å². The Balaban J connectivity index is 2.53. The summed E-state index contributed by atoms with van der Waals surface area (Å²) in [5.41, 5.74) is 5.61. The van der Waals surface area contributed by atoms with Crippen LogP contribution in [0.1, 0.15) is 19.3 Å². The van der Waals surface area contributed by atoms with Crippen LogP contribution in [0.4, 0.5) is 0 Å². The third-order valence-corrected chi connectivity index (χ3v) is 4.57. The number of aliphatic carboxylic acids is 1. The van der Waals surface area contributed by atoms with Crippen molar-refractivity contribution in [2.75, 3.05) is 24.6 Å². The minimum Gasteiger partial charge on any atom is -0.481 e. The van der Waals surface area contributed by atoms with Crippen molar-refractivity contribution in [3.63, 3.8) is 0 Å². The Bertz CT molecular complexity index is 420. The number of nitrogens with zero attached hydrogens (tertiary/aromatic N) is 1. The molecule has 0 aromatic heterocycles. The molecule has 1 saturated heterocycles. The van der Waals surface area contributed by atoms with Gasteiger partial charge >= 0.3 is 5.97 Å². The molecule has 0 aromatic rings. The van der Waals surface area contributed by atoms with E-state index in [0.717, 1.165) is 0 Å². The summed E-state index contributed by atoms with van der Waals surface area (Å²) in [4.78, 5) is 23.7. The molecule has 0 aliphatic carbocycles. The maximum absolute atomic E-state index is 11.9. The molecule has 8 heteroatoms. The Morgan fingerprint density at radius 2 is 1.94 bits per heavy atom. The zero-order valence-corrected chi connectivity index (χ0v) is 10.9. The monoisotopic (exact) mass is 278 g/mol. The molecule has 1 aliphatic heterocycles. The first-order chi connectivity index (χ1) is 8.32. The molecule has 1 rings (SSSR count). The lowest BCUT2D eigenvalue weighted by atomic mass is 10.1. The van der Waals surface area contributed by atoms with Crippen LogP contribution < -0.4 is 5.73 Å². The molecule has 0 spiro atoms. The van der Waals surface area contributed by atoms with Crippen LogP contribution in [0.25, 0.3) is 0 Å². The van der Waals surface area contributed by atoms with E-state index in [9.17, 15) is 18.0 Å². The van der Waals surface area contributed by atoms with Gasteiger partial charge in [0.05, 0.1) is 17.5 Å². The minimum absolute atomic E-state index is 0.0512. The predicted molar refractivity (Wildman–Crippen MR) is 64.7 cm³/mol. The molecule has 1 unspecified atom stereocenters. The molecular weight excluding hydrogens is 260 g/mol. The van der Waals surface area contributed by atoms with Gasteiger partial charge in [-0.25, -0.2) is 8.42 Å². The van der Waals surface area contributed by atoms with Gasteiger partial charge in [0.15, 0.2) is 9.84 Å². The van der Waals surface area contributed by atoms with Gasteiger partial charge in [0.1, 0.15) is 0 Å². The number of hydrogen-bond acceptors (Lipinski definition) is 5. The number of carboxylic acid groups (broad SMARTS) is 1. The topological polar surface area (TPSA) is 118 Å². The maximum Gasteiger partial charge on any atom is 0.303 e. The molecular formula is C10H18N2O5S. The highest BCUT2D eigenvalue weighted by Gasteiger charge is 2.26. The number of carbonyl (C=O) groups excluding carboxylic acids is 1. The van der Waals surface area contributed by atoms with E-state index in [0.29, 0.717) is 13.0 Å². The third-order valence-electron chi connectivity index (χ3n) is 2.85. The van der Waals surface area contributed by atoms with Gasteiger partial charge < -0.3 is 15.7 Å². The van der Waals surface area contributed by atoms with Crippen molar-refractivity contribution < 1.29 is 23.1 Å². The number of sulfone groups is 1. The van der Waals surface area contributed by atoms with Gasteiger partial charge in [-0.15, -0.1) is 0 Å². The first kappa shape index (κ1) is 14.9. The standard InChI is InChI=1S/C10H18N2O5S/c11-8(2-3-9(13)14)10(15)12-4-1-6-18(16,17)7-5-12/h8H,1-7,11H2,(H,13,14). The lowest BCUT2D eigenvalue weighted by molar-refractivity contribution is -0.137. The number of amides is 1.